The maximum Gasteiger partial charge on any atom is 0.216 e. The lowest BCUT2D eigenvalue weighted by Crippen LogP contribution is -2.45. The first-order valence-corrected chi connectivity index (χ1v) is 9.18. The first-order chi connectivity index (χ1) is 7.89. The lowest BCUT2D eigenvalue weighted by atomic mass is 10.2. The molecule has 2 aliphatic rings. The maximum atomic E-state index is 12.0. The molecule has 0 aromatic rings. The zero-order valence-corrected chi connectivity index (χ0v) is 11.2. The molecule has 100 valence electrons. The molecule has 2 saturated heterocycles. The van der Waals surface area contributed by atoms with Crippen molar-refractivity contribution in [2.24, 2.45) is 0 Å². The molecule has 2 heterocycles. The summed E-state index contributed by atoms with van der Waals surface area (Å²) in [6.07, 6.45) is 1.41. The van der Waals surface area contributed by atoms with E-state index in [1.54, 1.807) is 0 Å². The van der Waals surface area contributed by atoms with E-state index < -0.39 is 19.9 Å². The molecule has 1 unspecified atom stereocenters. The van der Waals surface area contributed by atoms with Crippen molar-refractivity contribution in [1.29, 1.82) is 0 Å². The topological polar surface area (TPSA) is 92.3 Å². The van der Waals surface area contributed by atoms with Gasteiger partial charge in [0.25, 0.3) is 0 Å². The van der Waals surface area contributed by atoms with Crippen LogP contribution < -0.4 is 10.0 Å². The summed E-state index contributed by atoms with van der Waals surface area (Å²) in [6.45, 7) is 1.21. The third-order valence-corrected chi connectivity index (χ3v) is 7.00. The van der Waals surface area contributed by atoms with Crippen LogP contribution in [-0.4, -0.2) is 52.7 Å². The second-order valence-corrected chi connectivity index (χ2v) is 9.00. The Morgan fingerprint density at radius 1 is 1.12 bits per heavy atom. The van der Waals surface area contributed by atoms with Gasteiger partial charge in [0.05, 0.1) is 16.8 Å². The fourth-order valence-electron chi connectivity index (χ4n) is 2.23. The summed E-state index contributed by atoms with van der Waals surface area (Å²) in [5.74, 6) is 0.173. The molecule has 2 aliphatic heterocycles. The molecular weight excluding hydrogens is 264 g/mol. The van der Waals surface area contributed by atoms with Crippen LogP contribution in [0.2, 0.25) is 0 Å². The summed E-state index contributed by atoms with van der Waals surface area (Å²) in [5.41, 5.74) is 0. The van der Waals surface area contributed by atoms with Gasteiger partial charge in [-0.05, 0) is 25.8 Å². The zero-order chi connectivity index (χ0) is 12.5. The van der Waals surface area contributed by atoms with E-state index in [-0.39, 0.29) is 22.8 Å². The van der Waals surface area contributed by atoms with Crippen LogP contribution >= 0.6 is 0 Å². The first kappa shape index (κ1) is 13.3. The summed E-state index contributed by atoms with van der Waals surface area (Å²) >= 11 is 0. The van der Waals surface area contributed by atoms with Gasteiger partial charge in [-0.3, -0.25) is 0 Å². The van der Waals surface area contributed by atoms with Gasteiger partial charge in [0, 0.05) is 12.6 Å². The van der Waals surface area contributed by atoms with E-state index >= 15 is 0 Å². The second kappa shape index (κ2) is 4.83. The third kappa shape index (κ3) is 3.40. The molecule has 8 heteroatoms. The van der Waals surface area contributed by atoms with Crippen LogP contribution in [0.3, 0.4) is 0 Å². The Morgan fingerprint density at radius 2 is 1.76 bits per heavy atom. The van der Waals surface area contributed by atoms with Crippen molar-refractivity contribution >= 4 is 19.9 Å². The first-order valence-electron chi connectivity index (χ1n) is 5.81. The standard InChI is InChI=1S/C9H18N2O4S2/c12-16(13)5-2-8(3-6-16)11-17(14,15)9-1-4-10-7-9/h8-11H,1-7H2. The van der Waals surface area contributed by atoms with Crippen molar-refractivity contribution in [3.63, 3.8) is 0 Å². The molecule has 2 rings (SSSR count). The average molecular weight is 282 g/mol. The van der Waals surface area contributed by atoms with Crippen LogP contribution in [0.1, 0.15) is 19.3 Å². The summed E-state index contributed by atoms with van der Waals surface area (Å²) in [7, 11) is -6.24. The van der Waals surface area contributed by atoms with Gasteiger partial charge in [-0.15, -0.1) is 0 Å². The molecule has 17 heavy (non-hydrogen) atoms. The fourth-order valence-corrected chi connectivity index (χ4v) is 5.38. The lowest BCUT2D eigenvalue weighted by molar-refractivity contribution is 0.500. The smallest absolute Gasteiger partial charge is 0.216 e. The largest absolute Gasteiger partial charge is 0.315 e. The molecular formula is C9H18N2O4S2. The van der Waals surface area contributed by atoms with Gasteiger partial charge in [0.1, 0.15) is 9.84 Å². The maximum absolute atomic E-state index is 12.0. The van der Waals surface area contributed by atoms with Gasteiger partial charge < -0.3 is 5.32 Å². The molecule has 2 fully saturated rings. The highest BCUT2D eigenvalue weighted by Crippen LogP contribution is 2.16. The Kier molecular flexibility index (Phi) is 3.77. The van der Waals surface area contributed by atoms with E-state index in [9.17, 15) is 16.8 Å². The predicted octanol–water partition coefficient (Wildman–Crippen LogP) is -1.16. The van der Waals surface area contributed by atoms with Crippen molar-refractivity contribution in [2.45, 2.75) is 30.6 Å². The SMILES string of the molecule is O=S1(=O)CCC(NS(=O)(=O)C2CCNC2)CC1. The molecule has 0 saturated carbocycles. The monoisotopic (exact) mass is 282 g/mol. The van der Waals surface area contributed by atoms with Gasteiger partial charge in [0.2, 0.25) is 10.0 Å². The van der Waals surface area contributed by atoms with Crippen molar-refractivity contribution < 1.29 is 16.8 Å². The van der Waals surface area contributed by atoms with Crippen LogP contribution in [0, 0.1) is 0 Å². The minimum absolute atomic E-state index is 0.0864. The van der Waals surface area contributed by atoms with E-state index in [0.29, 0.717) is 25.8 Å². The minimum atomic E-state index is -3.30. The highest BCUT2D eigenvalue weighted by Gasteiger charge is 2.32. The fraction of sp³-hybridized carbons (Fsp3) is 1.00. The highest BCUT2D eigenvalue weighted by atomic mass is 32.2. The molecule has 0 bridgehead atoms. The lowest BCUT2D eigenvalue weighted by Gasteiger charge is -2.24. The summed E-state index contributed by atoms with van der Waals surface area (Å²) in [5, 5.41) is 2.64. The summed E-state index contributed by atoms with van der Waals surface area (Å²) in [6, 6.07) is -0.218. The van der Waals surface area contributed by atoms with E-state index in [1.165, 1.54) is 0 Å². The van der Waals surface area contributed by atoms with Crippen molar-refractivity contribution in [3.05, 3.63) is 0 Å². The van der Waals surface area contributed by atoms with Crippen LogP contribution in [0.15, 0.2) is 0 Å². The van der Waals surface area contributed by atoms with Gasteiger partial charge >= 0.3 is 0 Å². The molecule has 2 N–H and O–H groups in total. The number of nitrogens with one attached hydrogen (secondary N) is 2. The average Bonchev–Trinajstić information content (AvgIpc) is 2.75. The van der Waals surface area contributed by atoms with E-state index in [1.807, 2.05) is 0 Å². The summed E-state index contributed by atoms with van der Waals surface area (Å²) in [4.78, 5) is 0. The minimum Gasteiger partial charge on any atom is -0.315 e. The molecule has 0 radical (unpaired) electrons. The van der Waals surface area contributed by atoms with E-state index in [2.05, 4.69) is 10.0 Å². The number of rotatable bonds is 3. The number of hydrogen-bond acceptors (Lipinski definition) is 5. The van der Waals surface area contributed by atoms with E-state index in [4.69, 9.17) is 0 Å². The van der Waals surface area contributed by atoms with E-state index in [0.717, 1.165) is 6.54 Å². The highest BCUT2D eigenvalue weighted by molar-refractivity contribution is 7.91. The normalized spacial score (nSPS) is 30.5. The molecule has 1 atom stereocenters. The number of hydrogen-bond donors (Lipinski definition) is 2. The van der Waals surface area contributed by atoms with Crippen LogP contribution in [0.4, 0.5) is 0 Å². The molecule has 6 nitrogen and oxygen atoms in total. The Hall–Kier alpha value is -0.180. The van der Waals surface area contributed by atoms with Gasteiger partial charge in [-0.1, -0.05) is 0 Å². The molecule has 0 aliphatic carbocycles. The number of sulfonamides is 1. The second-order valence-electron chi connectivity index (χ2n) is 4.70. The Labute approximate surface area is 102 Å². The van der Waals surface area contributed by atoms with Crippen molar-refractivity contribution in [2.75, 3.05) is 24.6 Å². The molecule has 0 aromatic heterocycles. The van der Waals surface area contributed by atoms with Crippen LogP contribution in [0.5, 0.6) is 0 Å². The summed E-state index contributed by atoms with van der Waals surface area (Å²) < 4.78 is 49.0. The van der Waals surface area contributed by atoms with Gasteiger partial charge in [-0.25, -0.2) is 21.6 Å². The Bertz CT molecular complexity index is 451. The van der Waals surface area contributed by atoms with Crippen molar-refractivity contribution in [3.8, 4) is 0 Å². The Balaban J connectivity index is 1.93. The predicted molar refractivity (Wildman–Crippen MR) is 65.0 cm³/mol. The van der Waals surface area contributed by atoms with Crippen LogP contribution in [0.25, 0.3) is 0 Å². The quantitative estimate of drug-likeness (QED) is 0.681. The zero-order valence-electron chi connectivity index (χ0n) is 9.55. The third-order valence-electron chi connectivity index (χ3n) is 3.34. The van der Waals surface area contributed by atoms with Crippen LogP contribution in [-0.2, 0) is 19.9 Å². The van der Waals surface area contributed by atoms with Gasteiger partial charge in [0.15, 0.2) is 0 Å². The Morgan fingerprint density at radius 3 is 2.29 bits per heavy atom. The number of sulfone groups is 1. The van der Waals surface area contributed by atoms with Crippen molar-refractivity contribution in [1.82, 2.24) is 10.0 Å². The molecule has 0 aromatic carbocycles. The molecule has 0 amide bonds. The van der Waals surface area contributed by atoms with Gasteiger partial charge in [-0.2, -0.15) is 0 Å². The molecule has 0 spiro atoms.